The Kier molecular flexibility index (Phi) is 7.43. The number of aromatic nitrogens is 1. The van der Waals surface area contributed by atoms with Crippen LogP contribution in [0.5, 0.6) is 0 Å². The fourth-order valence-electron chi connectivity index (χ4n) is 2.23. The van der Waals surface area contributed by atoms with Gasteiger partial charge >= 0.3 is 6.03 Å². The van der Waals surface area contributed by atoms with Crippen LogP contribution in [0.15, 0.2) is 42.6 Å². The molecule has 2 rings (SSSR count). The summed E-state index contributed by atoms with van der Waals surface area (Å²) in [5.41, 5.74) is 8.15. The second kappa shape index (κ2) is 9.79. The number of thioether (sulfide) groups is 1. The predicted molar refractivity (Wildman–Crippen MR) is 106 cm³/mol. The third kappa shape index (κ3) is 5.75. The Bertz CT molecular complexity index is 755. The lowest BCUT2D eigenvalue weighted by atomic mass is 10.1. The van der Waals surface area contributed by atoms with Crippen LogP contribution >= 0.6 is 11.8 Å². The molecular weight excluding hydrogens is 350 g/mol. The lowest BCUT2D eigenvalue weighted by molar-refractivity contribution is -0.107. The Morgan fingerprint density at radius 1 is 1.38 bits per heavy atom. The fraction of sp³-hybridized carbons (Fsp3) is 0.278. The molecule has 1 atom stereocenters. The number of carbonyl (C=O) groups is 1. The Labute approximate surface area is 157 Å². The second-order valence-electron chi connectivity index (χ2n) is 5.59. The van der Waals surface area contributed by atoms with Crippen molar-refractivity contribution in [1.82, 2.24) is 10.3 Å². The average molecular weight is 374 g/mol. The van der Waals surface area contributed by atoms with Gasteiger partial charge in [0.15, 0.2) is 0 Å². The molecule has 0 aliphatic heterocycles. The van der Waals surface area contributed by atoms with E-state index in [4.69, 9.17) is 15.9 Å². The first-order valence-corrected chi connectivity index (χ1v) is 9.12. The zero-order valence-corrected chi connectivity index (χ0v) is 15.7. The van der Waals surface area contributed by atoms with Gasteiger partial charge in [-0.15, -0.1) is 0 Å². The molecule has 1 heterocycles. The fourth-order valence-corrected chi connectivity index (χ4v) is 3.03. The molecule has 138 valence electrons. The lowest BCUT2D eigenvalue weighted by Gasteiger charge is -2.15. The van der Waals surface area contributed by atoms with Crippen LogP contribution in [0.2, 0.25) is 0 Å². The zero-order valence-electron chi connectivity index (χ0n) is 14.9. The number of ether oxygens (including phenoxy) is 1. The molecule has 0 saturated heterocycles. The summed E-state index contributed by atoms with van der Waals surface area (Å²) >= 11 is 1.44. The van der Waals surface area contributed by atoms with Gasteiger partial charge in [-0.25, -0.2) is 15.2 Å². The molecule has 0 aliphatic rings. The topological polar surface area (TPSA) is 115 Å². The summed E-state index contributed by atoms with van der Waals surface area (Å²) < 4.78 is 4.99. The van der Waals surface area contributed by atoms with Crippen LogP contribution < -0.4 is 21.8 Å². The molecule has 1 aromatic heterocycles. The van der Waals surface area contributed by atoms with Crippen molar-refractivity contribution in [3.05, 3.63) is 53.7 Å². The van der Waals surface area contributed by atoms with Gasteiger partial charge in [0.25, 0.3) is 0 Å². The Balaban J connectivity index is 1.94. The number of carbonyl (C=O) groups excluding carboxylic acids is 1. The highest BCUT2D eigenvalue weighted by Gasteiger charge is 2.15. The molecule has 7 nitrogen and oxygen atoms in total. The van der Waals surface area contributed by atoms with Gasteiger partial charge in [-0.1, -0.05) is 42.1 Å². The van der Waals surface area contributed by atoms with Crippen molar-refractivity contribution in [2.45, 2.75) is 13.0 Å². The molecule has 0 fully saturated rings. The van der Waals surface area contributed by atoms with E-state index in [-0.39, 0.29) is 12.1 Å². The number of amides is 2. The van der Waals surface area contributed by atoms with Crippen molar-refractivity contribution in [3.8, 4) is 0 Å². The largest absolute Gasteiger partial charge is 0.398 e. The maximum atomic E-state index is 12.1. The van der Waals surface area contributed by atoms with E-state index in [1.807, 2.05) is 37.3 Å². The third-order valence-electron chi connectivity index (χ3n) is 3.64. The number of hydrogen-bond donors (Lipinski definition) is 4. The second-order valence-corrected chi connectivity index (χ2v) is 6.73. The van der Waals surface area contributed by atoms with Crippen molar-refractivity contribution in [3.63, 3.8) is 0 Å². The minimum absolute atomic E-state index is 0.131. The molecule has 1 aromatic carbocycles. The van der Waals surface area contributed by atoms with E-state index >= 15 is 0 Å². The first-order valence-electron chi connectivity index (χ1n) is 8.13. The summed E-state index contributed by atoms with van der Waals surface area (Å²) in [4.78, 5) is 16.4. The number of nitrogen functional groups attached to an aromatic ring is 1. The molecule has 26 heavy (non-hydrogen) atoms. The van der Waals surface area contributed by atoms with Crippen molar-refractivity contribution in [1.29, 1.82) is 0 Å². The van der Waals surface area contributed by atoms with Gasteiger partial charge in [-0.3, -0.25) is 5.32 Å². The quantitative estimate of drug-likeness (QED) is 0.332. The SMILES string of the molecule is COCCSC(=[NH2+])c1cnc(NC(=O)N[C@H](C)c2ccccc2)cc1N. The van der Waals surface area contributed by atoms with Gasteiger partial charge in [0.2, 0.25) is 5.04 Å². The normalized spacial score (nSPS) is 11.6. The number of urea groups is 1. The van der Waals surface area contributed by atoms with Crippen molar-refractivity contribution >= 4 is 34.3 Å². The average Bonchev–Trinajstić information content (AvgIpc) is 2.62. The number of rotatable bonds is 7. The number of nitrogens with zero attached hydrogens (tertiary/aromatic N) is 1. The van der Waals surface area contributed by atoms with Crippen LogP contribution in [0.4, 0.5) is 16.3 Å². The van der Waals surface area contributed by atoms with E-state index in [2.05, 4.69) is 15.6 Å². The number of pyridine rings is 1. The van der Waals surface area contributed by atoms with Gasteiger partial charge in [0.1, 0.15) is 5.82 Å². The first kappa shape index (κ1) is 19.7. The summed E-state index contributed by atoms with van der Waals surface area (Å²) in [5.74, 6) is 1.08. The highest BCUT2D eigenvalue weighted by Crippen LogP contribution is 2.19. The first-order chi connectivity index (χ1) is 12.5. The van der Waals surface area contributed by atoms with Crippen LogP contribution in [0.3, 0.4) is 0 Å². The smallest absolute Gasteiger partial charge is 0.320 e. The van der Waals surface area contributed by atoms with Gasteiger partial charge < -0.3 is 15.8 Å². The minimum Gasteiger partial charge on any atom is -0.398 e. The molecule has 0 saturated carbocycles. The number of nitrogens with two attached hydrogens (primary N) is 2. The van der Waals surface area contributed by atoms with Crippen molar-refractivity contribution in [2.75, 3.05) is 30.5 Å². The summed E-state index contributed by atoms with van der Waals surface area (Å²) in [7, 11) is 1.64. The summed E-state index contributed by atoms with van der Waals surface area (Å²) in [5, 5.41) is 12.1. The van der Waals surface area contributed by atoms with E-state index in [0.717, 1.165) is 11.3 Å². The molecular formula is C18H24N5O2S+. The van der Waals surface area contributed by atoms with Gasteiger partial charge in [-0.2, -0.15) is 0 Å². The molecule has 0 spiro atoms. The summed E-state index contributed by atoms with van der Waals surface area (Å²) in [6.07, 6.45) is 1.56. The number of nitrogens with one attached hydrogen (secondary N) is 2. The van der Waals surface area contributed by atoms with E-state index in [1.54, 1.807) is 19.4 Å². The van der Waals surface area contributed by atoms with E-state index in [1.165, 1.54) is 11.8 Å². The van der Waals surface area contributed by atoms with Crippen molar-refractivity contribution in [2.24, 2.45) is 0 Å². The standard InChI is InChI=1S/C18H23N5O2S/c1-12(13-6-4-3-5-7-13)22-18(24)23-16-10-15(19)14(11-21-16)17(20)26-9-8-25-2/h3-7,10-12,20H,8-9H2,1-2H3,(H4,19,21,22,23,24)/p+1/t12-/m1/s1. The Morgan fingerprint density at radius 2 is 2.12 bits per heavy atom. The molecule has 8 heteroatoms. The number of anilines is 2. The molecule has 0 aliphatic carbocycles. The van der Waals surface area contributed by atoms with Crippen LogP contribution in [-0.4, -0.2) is 35.5 Å². The minimum atomic E-state index is -0.354. The highest BCUT2D eigenvalue weighted by molar-refractivity contribution is 8.14. The van der Waals surface area contributed by atoms with Gasteiger partial charge in [-0.05, 0) is 12.5 Å². The maximum Gasteiger partial charge on any atom is 0.320 e. The van der Waals surface area contributed by atoms with Crippen LogP contribution in [0.1, 0.15) is 24.1 Å². The molecule has 0 radical (unpaired) electrons. The van der Waals surface area contributed by atoms with Crippen molar-refractivity contribution < 1.29 is 14.9 Å². The van der Waals surface area contributed by atoms with Crippen LogP contribution in [-0.2, 0) is 4.74 Å². The summed E-state index contributed by atoms with van der Waals surface area (Å²) in [6.45, 7) is 2.50. The van der Waals surface area contributed by atoms with Gasteiger partial charge in [0, 0.05) is 25.1 Å². The Morgan fingerprint density at radius 3 is 2.77 bits per heavy atom. The number of methoxy groups -OCH3 is 1. The van der Waals surface area contributed by atoms with Crippen LogP contribution in [0, 0.1) is 0 Å². The third-order valence-corrected chi connectivity index (χ3v) is 4.54. The predicted octanol–water partition coefficient (Wildman–Crippen LogP) is 1.43. The van der Waals surface area contributed by atoms with Crippen LogP contribution in [0.25, 0.3) is 0 Å². The lowest BCUT2D eigenvalue weighted by Crippen LogP contribution is -2.39. The van der Waals surface area contributed by atoms with Gasteiger partial charge in [0.05, 0.1) is 23.9 Å². The van der Waals surface area contributed by atoms with E-state index in [9.17, 15) is 4.79 Å². The summed E-state index contributed by atoms with van der Waals surface area (Å²) in [6, 6.07) is 10.8. The Hall–Kier alpha value is -2.58. The highest BCUT2D eigenvalue weighted by atomic mass is 32.2. The number of benzene rings is 1. The number of hydrogen-bond acceptors (Lipinski definition) is 5. The molecule has 2 aromatic rings. The maximum absolute atomic E-state index is 12.1. The monoisotopic (exact) mass is 374 g/mol. The molecule has 0 bridgehead atoms. The molecule has 0 unspecified atom stereocenters. The molecule has 2 amide bonds. The van der Waals surface area contributed by atoms with E-state index in [0.29, 0.717) is 28.7 Å². The molecule has 6 N–H and O–H groups in total. The zero-order chi connectivity index (χ0) is 18.9. The van der Waals surface area contributed by atoms with E-state index < -0.39 is 0 Å².